The van der Waals surface area contributed by atoms with Gasteiger partial charge in [-0.3, -0.25) is 0 Å². The van der Waals surface area contributed by atoms with E-state index in [0.717, 1.165) is 10.6 Å². The van der Waals surface area contributed by atoms with Crippen molar-refractivity contribution in [2.24, 2.45) is 0 Å². The molecule has 0 radical (unpaired) electrons. The molecule has 0 N–H and O–H groups in total. The van der Waals surface area contributed by atoms with Crippen LogP contribution in [0.3, 0.4) is 0 Å². The monoisotopic (exact) mass is 380 g/mol. The first kappa shape index (κ1) is 18.2. The molecule has 0 fully saturated rings. The van der Waals surface area contributed by atoms with Crippen molar-refractivity contribution in [3.8, 4) is 0 Å². The summed E-state index contributed by atoms with van der Waals surface area (Å²) in [5.41, 5.74) is 2.96. The van der Waals surface area contributed by atoms with E-state index in [1.165, 1.54) is 11.1 Å². The lowest BCUT2D eigenvalue weighted by atomic mass is 9.77. The number of nitrogens with zero attached hydrogens (tertiary/aromatic N) is 2. The van der Waals surface area contributed by atoms with Crippen LogP contribution in [0.25, 0.3) is 0 Å². The predicted octanol–water partition coefficient (Wildman–Crippen LogP) is 5.80. The van der Waals surface area contributed by atoms with E-state index in [4.69, 9.17) is 11.6 Å². The molecule has 26 heavy (non-hydrogen) atoms. The van der Waals surface area contributed by atoms with Crippen LogP contribution in [0, 0.1) is 0 Å². The molecule has 1 aromatic heterocycles. The second kappa shape index (κ2) is 7.77. The zero-order valence-corrected chi connectivity index (χ0v) is 15.6. The molecule has 1 heterocycles. The van der Waals surface area contributed by atoms with Gasteiger partial charge in [0.1, 0.15) is 5.54 Å². The van der Waals surface area contributed by atoms with E-state index in [1.807, 2.05) is 43.0 Å². The van der Waals surface area contributed by atoms with Crippen LogP contribution >= 0.6 is 24.0 Å². The summed E-state index contributed by atoms with van der Waals surface area (Å²) in [6.45, 7) is 0. The molecule has 0 bridgehead atoms. The number of aromatic nitrogens is 2. The van der Waals surface area contributed by atoms with Crippen molar-refractivity contribution in [1.29, 1.82) is 0 Å². The minimum absolute atomic E-state index is 0. The van der Waals surface area contributed by atoms with Gasteiger partial charge in [0.05, 0.1) is 6.33 Å². The zero-order valence-electron chi connectivity index (χ0n) is 14.0. The van der Waals surface area contributed by atoms with Crippen molar-refractivity contribution in [2.45, 2.75) is 5.54 Å². The summed E-state index contributed by atoms with van der Waals surface area (Å²) in [5, 5.41) is 0.726. The number of imidazole rings is 1. The van der Waals surface area contributed by atoms with E-state index in [-0.39, 0.29) is 12.4 Å². The number of hydrogen-bond acceptors (Lipinski definition) is 1. The van der Waals surface area contributed by atoms with Gasteiger partial charge in [0, 0.05) is 17.4 Å². The van der Waals surface area contributed by atoms with E-state index in [0.29, 0.717) is 0 Å². The van der Waals surface area contributed by atoms with Gasteiger partial charge in [-0.25, -0.2) is 4.98 Å². The van der Waals surface area contributed by atoms with Crippen LogP contribution in [0.15, 0.2) is 104 Å². The third kappa shape index (κ3) is 3.03. The topological polar surface area (TPSA) is 17.8 Å². The summed E-state index contributed by atoms with van der Waals surface area (Å²) in [4.78, 5) is 4.32. The first-order chi connectivity index (χ1) is 12.3. The lowest BCUT2D eigenvalue weighted by molar-refractivity contribution is 0.514. The standard InChI is InChI=1S/C22H17ClN2.ClH/c23-21-13-11-20(12-14-21)22(25-16-15-24-17-25,18-7-3-1-4-8-18)19-9-5-2-6-10-19;/h1-17H;1H. The van der Waals surface area contributed by atoms with E-state index < -0.39 is 5.54 Å². The van der Waals surface area contributed by atoms with Gasteiger partial charge in [0.2, 0.25) is 0 Å². The Morgan fingerprint density at radius 2 is 1.19 bits per heavy atom. The van der Waals surface area contributed by atoms with Crippen LogP contribution < -0.4 is 0 Å². The summed E-state index contributed by atoms with van der Waals surface area (Å²) >= 11 is 6.16. The highest BCUT2D eigenvalue weighted by molar-refractivity contribution is 6.30. The lowest BCUT2D eigenvalue weighted by Crippen LogP contribution is -2.36. The fraction of sp³-hybridized carbons (Fsp3) is 0.0455. The van der Waals surface area contributed by atoms with Gasteiger partial charge < -0.3 is 4.57 Å². The van der Waals surface area contributed by atoms with Gasteiger partial charge in [-0.15, -0.1) is 12.4 Å². The molecular formula is C22H18Cl2N2. The summed E-state index contributed by atoms with van der Waals surface area (Å²) in [5.74, 6) is 0. The van der Waals surface area contributed by atoms with Gasteiger partial charge in [0.15, 0.2) is 0 Å². The van der Waals surface area contributed by atoms with Crippen LogP contribution in [0.2, 0.25) is 5.02 Å². The highest BCUT2D eigenvalue weighted by atomic mass is 35.5. The average molecular weight is 381 g/mol. The Balaban J connectivity index is 0.00000196. The molecule has 4 rings (SSSR count). The van der Waals surface area contributed by atoms with Crippen LogP contribution in [0.4, 0.5) is 0 Å². The van der Waals surface area contributed by atoms with Gasteiger partial charge in [-0.1, -0.05) is 84.4 Å². The Bertz CT molecular complexity index is 895. The molecule has 0 amide bonds. The molecule has 0 saturated heterocycles. The van der Waals surface area contributed by atoms with Crippen LogP contribution in [0.5, 0.6) is 0 Å². The lowest BCUT2D eigenvalue weighted by Gasteiger charge is -2.37. The van der Waals surface area contributed by atoms with Crippen LogP contribution in [-0.4, -0.2) is 9.55 Å². The van der Waals surface area contributed by atoms with Crippen molar-refractivity contribution in [3.05, 3.63) is 125 Å². The molecule has 0 aliphatic rings. The highest BCUT2D eigenvalue weighted by Gasteiger charge is 2.37. The predicted molar refractivity (Wildman–Crippen MR) is 109 cm³/mol. The third-order valence-electron chi connectivity index (χ3n) is 4.54. The van der Waals surface area contributed by atoms with E-state index >= 15 is 0 Å². The number of benzene rings is 3. The Hall–Kier alpha value is -2.55. The van der Waals surface area contributed by atoms with Crippen LogP contribution in [-0.2, 0) is 5.54 Å². The van der Waals surface area contributed by atoms with Crippen molar-refractivity contribution < 1.29 is 0 Å². The average Bonchev–Trinajstić information content (AvgIpc) is 3.21. The summed E-state index contributed by atoms with van der Waals surface area (Å²) in [7, 11) is 0. The van der Waals surface area contributed by atoms with E-state index in [9.17, 15) is 0 Å². The molecule has 0 atom stereocenters. The minimum Gasteiger partial charge on any atom is -0.319 e. The molecular weight excluding hydrogens is 363 g/mol. The fourth-order valence-electron chi connectivity index (χ4n) is 3.45. The molecule has 0 saturated carbocycles. The minimum atomic E-state index is -0.510. The molecule has 4 aromatic rings. The van der Waals surface area contributed by atoms with Gasteiger partial charge >= 0.3 is 0 Å². The number of hydrogen-bond donors (Lipinski definition) is 0. The Labute approximate surface area is 164 Å². The molecule has 3 aromatic carbocycles. The number of rotatable bonds is 4. The first-order valence-electron chi connectivity index (χ1n) is 8.17. The summed E-state index contributed by atoms with van der Waals surface area (Å²) in [6, 6.07) is 29.0. The first-order valence-corrected chi connectivity index (χ1v) is 8.55. The van der Waals surface area contributed by atoms with Gasteiger partial charge in [-0.05, 0) is 28.8 Å². The maximum atomic E-state index is 6.16. The van der Waals surface area contributed by atoms with E-state index in [1.54, 1.807) is 0 Å². The normalized spacial score (nSPS) is 11.0. The van der Waals surface area contributed by atoms with E-state index in [2.05, 4.69) is 70.2 Å². The molecule has 0 aliphatic heterocycles. The van der Waals surface area contributed by atoms with Gasteiger partial charge in [-0.2, -0.15) is 0 Å². The summed E-state index contributed by atoms with van der Waals surface area (Å²) < 4.78 is 2.15. The largest absolute Gasteiger partial charge is 0.319 e. The number of halogens is 2. The zero-order chi connectivity index (χ0) is 17.1. The van der Waals surface area contributed by atoms with Crippen LogP contribution in [0.1, 0.15) is 16.7 Å². The molecule has 130 valence electrons. The second-order valence-electron chi connectivity index (χ2n) is 5.92. The SMILES string of the molecule is Cl.Clc1ccc(C(c2ccccc2)(c2ccccc2)n2ccnc2)cc1. The summed E-state index contributed by atoms with van der Waals surface area (Å²) in [6.07, 6.45) is 5.69. The second-order valence-corrected chi connectivity index (χ2v) is 6.36. The Kier molecular flexibility index (Phi) is 5.46. The molecule has 0 aliphatic carbocycles. The van der Waals surface area contributed by atoms with Crippen molar-refractivity contribution in [1.82, 2.24) is 9.55 Å². The Morgan fingerprint density at radius 1 is 0.692 bits per heavy atom. The van der Waals surface area contributed by atoms with Crippen molar-refractivity contribution >= 4 is 24.0 Å². The maximum absolute atomic E-state index is 6.16. The Morgan fingerprint density at radius 3 is 1.65 bits per heavy atom. The third-order valence-corrected chi connectivity index (χ3v) is 4.79. The molecule has 0 spiro atoms. The molecule has 4 heteroatoms. The molecule has 2 nitrogen and oxygen atoms in total. The highest BCUT2D eigenvalue weighted by Crippen LogP contribution is 2.40. The smallest absolute Gasteiger partial charge is 0.121 e. The quantitative estimate of drug-likeness (QED) is 0.409. The van der Waals surface area contributed by atoms with Crippen molar-refractivity contribution in [2.75, 3.05) is 0 Å². The van der Waals surface area contributed by atoms with Crippen molar-refractivity contribution in [3.63, 3.8) is 0 Å². The fourth-order valence-corrected chi connectivity index (χ4v) is 3.58. The van der Waals surface area contributed by atoms with Gasteiger partial charge in [0.25, 0.3) is 0 Å². The maximum Gasteiger partial charge on any atom is 0.121 e. The molecule has 0 unspecified atom stereocenters.